The molecule has 0 spiro atoms. The largest absolute Gasteiger partial charge is 0.364 e. The van der Waals surface area contributed by atoms with Gasteiger partial charge in [-0.05, 0) is 49.2 Å². The van der Waals surface area contributed by atoms with Crippen LogP contribution in [0, 0.1) is 0 Å². The summed E-state index contributed by atoms with van der Waals surface area (Å²) in [6.07, 6.45) is 5.85. The second-order valence-corrected chi connectivity index (χ2v) is 8.54. The SMILES string of the molecule is CC1CNCC(C)N1c1ccc(-c2cnc3c(-c4ccc(S)cc4)cnn3c2)cc1. The van der Waals surface area contributed by atoms with Crippen molar-refractivity contribution in [1.82, 2.24) is 19.9 Å². The van der Waals surface area contributed by atoms with Crippen molar-refractivity contribution < 1.29 is 0 Å². The molecule has 2 unspecified atom stereocenters. The highest BCUT2D eigenvalue weighted by molar-refractivity contribution is 7.80. The van der Waals surface area contributed by atoms with Gasteiger partial charge in [-0.1, -0.05) is 24.3 Å². The van der Waals surface area contributed by atoms with Crippen LogP contribution in [0.5, 0.6) is 0 Å². The van der Waals surface area contributed by atoms with E-state index in [-0.39, 0.29) is 0 Å². The Kier molecular flexibility index (Phi) is 4.97. The quantitative estimate of drug-likeness (QED) is 0.482. The van der Waals surface area contributed by atoms with Gasteiger partial charge in [0.2, 0.25) is 0 Å². The number of fused-ring (bicyclic) bond motifs is 1. The summed E-state index contributed by atoms with van der Waals surface area (Å²) in [5.74, 6) is 0. The molecule has 2 atom stereocenters. The Labute approximate surface area is 182 Å². The highest BCUT2D eigenvalue weighted by Gasteiger charge is 2.24. The Hall–Kier alpha value is -2.83. The summed E-state index contributed by atoms with van der Waals surface area (Å²) in [5, 5.41) is 8.03. The van der Waals surface area contributed by atoms with Crippen molar-refractivity contribution in [2.45, 2.75) is 30.8 Å². The molecular weight excluding hydrogens is 390 g/mol. The van der Waals surface area contributed by atoms with Gasteiger partial charge in [0, 0.05) is 59.3 Å². The molecule has 1 saturated heterocycles. The molecule has 152 valence electrons. The van der Waals surface area contributed by atoms with Crippen molar-refractivity contribution in [1.29, 1.82) is 0 Å². The molecule has 5 rings (SSSR count). The summed E-state index contributed by atoms with van der Waals surface area (Å²) in [6, 6.07) is 17.8. The monoisotopic (exact) mass is 415 g/mol. The van der Waals surface area contributed by atoms with Gasteiger partial charge in [-0.25, -0.2) is 9.50 Å². The second-order valence-electron chi connectivity index (χ2n) is 8.03. The highest BCUT2D eigenvalue weighted by Crippen LogP contribution is 2.28. The Bertz CT molecular complexity index is 1160. The third kappa shape index (κ3) is 3.46. The second kappa shape index (κ2) is 7.78. The lowest BCUT2D eigenvalue weighted by molar-refractivity contribution is 0.432. The van der Waals surface area contributed by atoms with Crippen LogP contribution in [0.15, 0.2) is 72.0 Å². The number of aromatic nitrogens is 3. The number of rotatable bonds is 3. The van der Waals surface area contributed by atoms with Gasteiger partial charge in [-0.3, -0.25) is 0 Å². The van der Waals surface area contributed by atoms with Gasteiger partial charge in [0.15, 0.2) is 5.65 Å². The topological polar surface area (TPSA) is 45.5 Å². The molecule has 5 nitrogen and oxygen atoms in total. The fourth-order valence-corrected chi connectivity index (χ4v) is 4.48. The summed E-state index contributed by atoms with van der Waals surface area (Å²) in [5.41, 5.74) is 6.42. The lowest BCUT2D eigenvalue weighted by atomic mass is 10.0. The van der Waals surface area contributed by atoms with Crippen molar-refractivity contribution in [2.24, 2.45) is 0 Å². The summed E-state index contributed by atoms with van der Waals surface area (Å²) >= 11 is 4.36. The standard InChI is InChI=1S/C24H25N5S/c1-16-11-25-12-17(2)29(16)21-7-3-18(4-8-21)20-13-26-24-23(14-27-28(24)15-20)19-5-9-22(30)10-6-19/h3-10,13-17,25,30H,11-12H2,1-2H3. The van der Waals surface area contributed by atoms with Crippen LogP contribution >= 0.6 is 12.6 Å². The zero-order chi connectivity index (χ0) is 20.7. The first-order valence-corrected chi connectivity index (χ1v) is 10.8. The Morgan fingerprint density at radius 1 is 0.867 bits per heavy atom. The summed E-state index contributed by atoms with van der Waals surface area (Å²) < 4.78 is 1.85. The molecule has 1 aliphatic rings. The molecule has 30 heavy (non-hydrogen) atoms. The molecule has 4 aromatic rings. The van der Waals surface area contributed by atoms with Gasteiger partial charge in [0.25, 0.3) is 0 Å². The molecule has 0 amide bonds. The molecular formula is C24H25N5S. The Balaban J connectivity index is 1.44. The average molecular weight is 416 g/mol. The summed E-state index contributed by atoms with van der Waals surface area (Å²) in [4.78, 5) is 8.16. The number of benzene rings is 2. The van der Waals surface area contributed by atoms with Crippen LogP contribution in [0.3, 0.4) is 0 Å². The number of hydrogen-bond acceptors (Lipinski definition) is 5. The predicted molar refractivity (Wildman–Crippen MR) is 125 cm³/mol. The molecule has 1 aliphatic heterocycles. The van der Waals surface area contributed by atoms with E-state index in [1.807, 2.05) is 47.4 Å². The zero-order valence-corrected chi connectivity index (χ0v) is 18.1. The third-order valence-electron chi connectivity index (χ3n) is 5.86. The molecule has 2 aromatic carbocycles. The van der Waals surface area contributed by atoms with E-state index in [0.717, 1.165) is 45.9 Å². The number of hydrogen-bond donors (Lipinski definition) is 2. The predicted octanol–water partition coefficient (Wildman–Crippen LogP) is 4.54. The van der Waals surface area contributed by atoms with E-state index in [0.29, 0.717) is 12.1 Å². The molecule has 0 aliphatic carbocycles. The summed E-state index contributed by atoms with van der Waals surface area (Å²) in [7, 11) is 0. The van der Waals surface area contributed by atoms with Gasteiger partial charge in [0.1, 0.15) is 0 Å². The highest BCUT2D eigenvalue weighted by atomic mass is 32.1. The van der Waals surface area contributed by atoms with E-state index in [1.54, 1.807) is 0 Å². The average Bonchev–Trinajstić information content (AvgIpc) is 3.18. The number of nitrogens with one attached hydrogen (secondary N) is 1. The molecule has 2 aromatic heterocycles. The zero-order valence-electron chi connectivity index (χ0n) is 17.2. The van der Waals surface area contributed by atoms with Gasteiger partial charge in [-0.2, -0.15) is 5.10 Å². The Morgan fingerprint density at radius 2 is 1.53 bits per heavy atom. The minimum absolute atomic E-state index is 0.483. The first-order valence-electron chi connectivity index (χ1n) is 10.3. The fraction of sp³-hybridized carbons (Fsp3) is 0.250. The van der Waals surface area contributed by atoms with Crippen molar-refractivity contribution in [2.75, 3.05) is 18.0 Å². The summed E-state index contributed by atoms with van der Waals surface area (Å²) in [6.45, 7) is 6.58. The van der Waals surface area contributed by atoms with E-state index in [2.05, 4.69) is 66.1 Å². The molecule has 6 heteroatoms. The normalized spacial score (nSPS) is 19.4. The lowest BCUT2D eigenvalue weighted by Gasteiger charge is -2.41. The smallest absolute Gasteiger partial charge is 0.162 e. The van der Waals surface area contributed by atoms with E-state index in [1.165, 1.54) is 5.69 Å². The van der Waals surface area contributed by atoms with Crippen LogP contribution in [0.4, 0.5) is 5.69 Å². The maximum atomic E-state index is 4.72. The molecule has 1 fully saturated rings. The van der Waals surface area contributed by atoms with Crippen LogP contribution in [0.1, 0.15) is 13.8 Å². The van der Waals surface area contributed by atoms with Crippen LogP contribution in [-0.2, 0) is 0 Å². The fourth-order valence-electron chi connectivity index (χ4n) is 4.34. The van der Waals surface area contributed by atoms with Crippen molar-refractivity contribution >= 4 is 24.0 Å². The van der Waals surface area contributed by atoms with Gasteiger partial charge in [0.05, 0.1) is 6.20 Å². The van der Waals surface area contributed by atoms with Crippen LogP contribution in [-0.4, -0.2) is 39.8 Å². The van der Waals surface area contributed by atoms with Gasteiger partial charge in [-0.15, -0.1) is 12.6 Å². The first-order chi connectivity index (χ1) is 14.6. The van der Waals surface area contributed by atoms with E-state index < -0.39 is 0 Å². The van der Waals surface area contributed by atoms with Crippen LogP contribution < -0.4 is 10.2 Å². The van der Waals surface area contributed by atoms with Crippen molar-refractivity contribution in [3.63, 3.8) is 0 Å². The molecule has 3 heterocycles. The van der Waals surface area contributed by atoms with Gasteiger partial charge >= 0.3 is 0 Å². The van der Waals surface area contributed by atoms with Crippen molar-refractivity contribution in [3.8, 4) is 22.3 Å². The molecule has 0 bridgehead atoms. The minimum Gasteiger partial charge on any atom is -0.364 e. The maximum Gasteiger partial charge on any atom is 0.162 e. The minimum atomic E-state index is 0.483. The van der Waals surface area contributed by atoms with Crippen molar-refractivity contribution in [3.05, 3.63) is 67.1 Å². The molecule has 0 saturated carbocycles. The number of anilines is 1. The van der Waals surface area contributed by atoms with E-state index in [9.17, 15) is 0 Å². The van der Waals surface area contributed by atoms with Crippen LogP contribution in [0.25, 0.3) is 27.9 Å². The number of thiol groups is 1. The third-order valence-corrected chi connectivity index (χ3v) is 6.16. The molecule has 1 N–H and O–H groups in total. The van der Waals surface area contributed by atoms with E-state index >= 15 is 0 Å². The maximum absolute atomic E-state index is 4.72. The number of nitrogens with zero attached hydrogens (tertiary/aromatic N) is 4. The lowest BCUT2D eigenvalue weighted by Crippen LogP contribution is -2.55. The van der Waals surface area contributed by atoms with Crippen LogP contribution in [0.2, 0.25) is 0 Å². The first kappa shape index (κ1) is 19.2. The Morgan fingerprint density at radius 3 is 2.23 bits per heavy atom. The van der Waals surface area contributed by atoms with Gasteiger partial charge < -0.3 is 10.2 Å². The number of piperazine rings is 1. The van der Waals surface area contributed by atoms with E-state index in [4.69, 9.17) is 4.98 Å². The molecule has 0 radical (unpaired) electrons.